The van der Waals surface area contributed by atoms with Crippen molar-refractivity contribution in [3.63, 3.8) is 0 Å². The number of unbranched alkanes of at least 4 members (excludes halogenated alkanes) is 6. The van der Waals surface area contributed by atoms with Crippen LogP contribution >= 0.6 is 0 Å². The van der Waals surface area contributed by atoms with Gasteiger partial charge in [-0.2, -0.15) is 0 Å². The van der Waals surface area contributed by atoms with E-state index in [1.807, 2.05) is 0 Å². The molecule has 0 aliphatic carbocycles. The molecule has 0 aromatic carbocycles. The summed E-state index contributed by atoms with van der Waals surface area (Å²) in [5, 5.41) is 0. The number of hydrogen-bond acceptors (Lipinski definition) is 3. The normalized spacial score (nSPS) is 12.4. The Kier molecular flexibility index (Phi) is 10.5. The highest BCUT2D eigenvalue weighted by Gasteiger charge is 1.99. The molecule has 0 aromatic rings. The summed E-state index contributed by atoms with van der Waals surface area (Å²) in [6, 6.07) is 0.347. The van der Waals surface area contributed by atoms with E-state index in [0.717, 1.165) is 19.3 Å². The molecule has 96 valence electrons. The van der Waals surface area contributed by atoms with Gasteiger partial charge in [0.1, 0.15) is 0 Å². The van der Waals surface area contributed by atoms with Crippen molar-refractivity contribution in [2.45, 2.75) is 70.8 Å². The van der Waals surface area contributed by atoms with Gasteiger partial charge < -0.3 is 10.5 Å². The van der Waals surface area contributed by atoms with Gasteiger partial charge in [0.05, 0.1) is 7.11 Å². The van der Waals surface area contributed by atoms with Crippen molar-refractivity contribution >= 4 is 5.97 Å². The van der Waals surface area contributed by atoms with E-state index >= 15 is 0 Å². The van der Waals surface area contributed by atoms with Crippen molar-refractivity contribution in [2.75, 3.05) is 7.11 Å². The number of rotatable bonds is 10. The second-order valence-electron chi connectivity index (χ2n) is 4.57. The van der Waals surface area contributed by atoms with Crippen LogP contribution in [0, 0.1) is 0 Å². The quantitative estimate of drug-likeness (QED) is 0.463. The van der Waals surface area contributed by atoms with Gasteiger partial charge in [0.15, 0.2) is 0 Å². The maximum atomic E-state index is 10.8. The Hall–Kier alpha value is -0.570. The average Bonchev–Trinajstić information content (AvgIpc) is 2.26. The van der Waals surface area contributed by atoms with Crippen LogP contribution in [0.1, 0.15) is 64.7 Å². The topological polar surface area (TPSA) is 52.3 Å². The van der Waals surface area contributed by atoms with Gasteiger partial charge in [0.2, 0.25) is 0 Å². The largest absolute Gasteiger partial charge is 0.469 e. The van der Waals surface area contributed by atoms with E-state index in [1.54, 1.807) is 0 Å². The SMILES string of the molecule is COC(=O)CCCCCCCCCC(C)N. The van der Waals surface area contributed by atoms with Crippen molar-refractivity contribution in [3.05, 3.63) is 0 Å². The van der Waals surface area contributed by atoms with Crippen LogP contribution in [0.5, 0.6) is 0 Å². The number of carbonyl (C=O) groups excluding carboxylic acids is 1. The van der Waals surface area contributed by atoms with Crippen LogP contribution in [0.4, 0.5) is 0 Å². The van der Waals surface area contributed by atoms with Gasteiger partial charge in [-0.15, -0.1) is 0 Å². The highest BCUT2D eigenvalue weighted by Crippen LogP contribution is 2.10. The Labute approximate surface area is 99.7 Å². The summed E-state index contributed by atoms with van der Waals surface area (Å²) < 4.78 is 4.58. The summed E-state index contributed by atoms with van der Waals surface area (Å²) in [7, 11) is 1.45. The lowest BCUT2D eigenvalue weighted by atomic mass is 10.1. The highest BCUT2D eigenvalue weighted by molar-refractivity contribution is 5.68. The Morgan fingerprint density at radius 3 is 2.06 bits per heavy atom. The fraction of sp³-hybridized carbons (Fsp3) is 0.923. The molecule has 0 bridgehead atoms. The van der Waals surface area contributed by atoms with E-state index in [0.29, 0.717) is 12.5 Å². The van der Waals surface area contributed by atoms with E-state index in [1.165, 1.54) is 39.2 Å². The Balaban J connectivity index is 3.01. The molecular formula is C13H27NO2. The van der Waals surface area contributed by atoms with Crippen molar-refractivity contribution in [1.82, 2.24) is 0 Å². The van der Waals surface area contributed by atoms with Crippen LogP contribution in [0.3, 0.4) is 0 Å². The zero-order valence-corrected chi connectivity index (χ0v) is 10.8. The third kappa shape index (κ3) is 11.5. The molecule has 0 saturated heterocycles. The number of nitrogens with two attached hydrogens (primary N) is 1. The zero-order chi connectivity index (χ0) is 12.2. The minimum absolute atomic E-state index is 0.0862. The molecule has 3 nitrogen and oxygen atoms in total. The number of carbonyl (C=O) groups is 1. The van der Waals surface area contributed by atoms with Crippen molar-refractivity contribution in [2.24, 2.45) is 5.73 Å². The molecule has 0 radical (unpaired) electrons. The maximum Gasteiger partial charge on any atom is 0.305 e. The van der Waals surface area contributed by atoms with Gasteiger partial charge in [-0.3, -0.25) is 4.79 Å². The smallest absolute Gasteiger partial charge is 0.305 e. The summed E-state index contributed by atoms with van der Waals surface area (Å²) in [6.45, 7) is 2.06. The maximum absolute atomic E-state index is 10.8. The van der Waals surface area contributed by atoms with Crippen LogP contribution in [0.2, 0.25) is 0 Å². The third-order valence-electron chi connectivity index (χ3n) is 2.77. The molecule has 0 spiro atoms. The number of methoxy groups -OCH3 is 1. The molecule has 3 heteroatoms. The van der Waals surface area contributed by atoms with Gasteiger partial charge in [0, 0.05) is 12.5 Å². The van der Waals surface area contributed by atoms with Crippen molar-refractivity contribution in [1.29, 1.82) is 0 Å². The Morgan fingerprint density at radius 2 is 1.56 bits per heavy atom. The van der Waals surface area contributed by atoms with Crippen molar-refractivity contribution < 1.29 is 9.53 Å². The lowest BCUT2D eigenvalue weighted by Gasteiger charge is -2.04. The third-order valence-corrected chi connectivity index (χ3v) is 2.77. The predicted molar refractivity (Wildman–Crippen MR) is 67.2 cm³/mol. The summed E-state index contributed by atoms with van der Waals surface area (Å²) in [5.74, 6) is -0.0862. The minimum Gasteiger partial charge on any atom is -0.469 e. The monoisotopic (exact) mass is 229 g/mol. The predicted octanol–water partition coefficient (Wildman–Crippen LogP) is 3.02. The van der Waals surface area contributed by atoms with E-state index in [2.05, 4.69) is 11.7 Å². The summed E-state index contributed by atoms with van der Waals surface area (Å²) in [5.41, 5.74) is 5.67. The average molecular weight is 229 g/mol. The van der Waals surface area contributed by atoms with Gasteiger partial charge in [-0.05, 0) is 19.8 Å². The lowest BCUT2D eigenvalue weighted by Crippen LogP contribution is -2.13. The van der Waals surface area contributed by atoms with Gasteiger partial charge >= 0.3 is 5.97 Å². The first-order chi connectivity index (χ1) is 7.66. The molecule has 2 N–H and O–H groups in total. The second kappa shape index (κ2) is 10.9. The lowest BCUT2D eigenvalue weighted by molar-refractivity contribution is -0.140. The van der Waals surface area contributed by atoms with Crippen LogP contribution in [0.25, 0.3) is 0 Å². The molecule has 0 aliphatic heterocycles. The number of esters is 1. The van der Waals surface area contributed by atoms with E-state index in [-0.39, 0.29) is 5.97 Å². The molecule has 0 fully saturated rings. The Bertz CT molecular complexity index is 169. The molecule has 0 aliphatic rings. The standard InChI is InChI=1S/C13H27NO2/c1-12(14)10-8-6-4-3-5-7-9-11-13(15)16-2/h12H,3-11,14H2,1-2H3. The van der Waals surface area contributed by atoms with E-state index in [9.17, 15) is 4.79 Å². The molecule has 0 saturated carbocycles. The Morgan fingerprint density at radius 1 is 1.06 bits per heavy atom. The molecule has 1 atom stereocenters. The second-order valence-corrected chi connectivity index (χ2v) is 4.57. The first-order valence-electron chi connectivity index (χ1n) is 6.49. The summed E-state index contributed by atoms with van der Waals surface area (Å²) in [6.07, 6.45) is 10.2. The highest BCUT2D eigenvalue weighted by atomic mass is 16.5. The number of hydrogen-bond donors (Lipinski definition) is 1. The van der Waals surface area contributed by atoms with E-state index in [4.69, 9.17) is 5.73 Å². The van der Waals surface area contributed by atoms with Crippen LogP contribution in [-0.2, 0) is 9.53 Å². The first-order valence-corrected chi connectivity index (χ1v) is 6.49. The molecule has 0 heterocycles. The molecule has 1 unspecified atom stereocenters. The first kappa shape index (κ1) is 15.4. The van der Waals surface area contributed by atoms with Crippen molar-refractivity contribution in [3.8, 4) is 0 Å². The summed E-state index contributed by atoms with van der Waals surface area (Å²) in [4.78, 5) is 10.8. The van der Waals surface area contributed by atoms with Gasteiger partial charge in [-0.1, -0.05) is 38.5 Å². The number of ether oxygens (including phenoxy) is 1. The van der Waals surface area contributed by atoms with Crippen LogP contribution in [-0.4, -0.2) is 19.1 Å². The minimum atomic E-state index is -0.0862. The fourth-order valence-electron chi connectivity index (χ4n) is 1.72. The summed E-state index contributed by atoms with van der Waals surface area (Å²) >= 11 is 0. The molecule has 0 amide bonds. The van der Waals surface area contributed by atoms with E-state index < -0.39 is 0 Å². The van der Waals surface area contributed by atoms with Gasteiger partial charge in [-0.25, -0.2) is 0 Å². The van der Waals surface area contributed by atoms with Gasteiger partial charge in [0.25, 0.3) is 0 Å². The van der Waals surface area contributed by atoms with Crippen LogP contribution < -0.4 is 5.73 Å². The molecule has 0 aromatic heterocycles. The fourth-order valence-corrected chi connectivity index (χ4v) is 1.72. The zero-order valence-electron chi connectivity index (χ0n) is 10.8. The van der Waals surface area contributed by atoms with Crippen LogP contribution in [0.15, 0.2) is 0 Å². The molecular weight excluding hydrogens is 202 g/mol. The molecule has 0 rings (SSSR count). The molecule has 16 heavy (non-hydrogen) atoms.